The van der Waals surface area contributed by atoms with Gasteiger partial charge in [-0.15, -0.1) is 0 Å². The van der Waals surface area contributed by atoms with Gasteiger partial charge in [0.15, 0.2) is 0 Å². The van der Waals surface area contributed by atoms with Crippen LogP contribution in [-0.2, 0) is 16.6 Å². The first kappa shape index (κ1) is 16.5. The van der Waals surface area contributed by atoms with Crippen molar-refractivity contribution < 1.29 is 8.42 Å². The fourth-order valence-corrected chi connectivity index (χ4v) is 4.65. The Morgan fingerprint density at radius 2 is 1.76 bits per heavy atom. The highest BCUT2D eigenvalue weighted by molar-refractivity contribution is 7.89. The average Bonchev–Trinajstić information content (AvgIpc) is 2.69. The lowest BCUT2D eigenvalue weighted by atomic mass is 10.1. The molecule has 4 nitrogen and oxygen atoms in total. The van der Waals surface area contributed by atoms with Gasteiger partial charge in [-0.25, -0.2) is 13.1 Å². The monoisotopic (exact) mass is 310 g/mol. The predicted octanol–water partition coefficient (Wildman–Crippen LogP) is 2.76. The zero-order chi connectivity index (χ0) is 15.5. The molecule has 1 aromatic rings. The van der Waals surface area contributed by atoms with E-state index >= 15 is 0 Å². The second kappa shape index (κ2) is 6.90. The van der Waals surface area contributed by atoms with Gasteiger partial charge in [-0.3, -0.25) is 0 Å². The minimum Gasteiger partial charge on any atom is -0.326 e. The first-order valence-corrected chi connectivity index (χ1v) is 9.25. The molecule has 3 N–H and O–H groups in total. The van der Waals surface area contributed by atoms with Crippen molar-refractivity contribution >= 4 is 10.0 Å². The van der Waals surface area contributed by atoms with E-state index in [0.29, 0.717) is 11.4 Å². The number of benzene rings is 1. The van der Waals surface area contributed by atoms with Crippen LogP contribution >= 0.6 is 0 Å². The highest BCUT2D eigenvalue weighted by Crippen LogP contribution is 2.23. The van der Waals surface area contributed by atoms with Crippen LogP contribution in [0.25, 0.3) is 0 Å². The number of nitrogens with one attached hydrogen (secondary N) is 1. The molecule has 118 valence electrons. The number of sulfonamides is 1. The normalized spacial score (nSPS) is 17.7. The van der Waals surface area contributed by atoms with Gasteiger partial charge in [0.25, 0.3) is 0 Å². The van der Waals surface area contributed by atoms with Crippen LogP contribution in [0.5, 0.6) is 0 Å². The second-order valence-electron chi connectivity index (χ2n) is 6.05. The van der Waals surface area contributed by atoms with E-state index in [1.807, 2.05) is 19.9 Å². The summed E-state index contributed by atoms with van der Waals surface area (Å²) >= 11 is 0. The van der Waals surface area contributed by atoms with Crippen molar-refractivity contribution in [3.8, 4) is 0 Å². The number of hydrogen-bond donors (Lipinski definition) is 2. The molecule has 0 atom stereocenters. The Labute approximate surface area is 128 Å². The molecule has 0 saturated heterocycles. The average molecular weight is 310 g/mol. The number of hydrogen-bond acceptors (Lipinski definition) is 3. The molecule has 1 aliphatic rings. The summed E-state index contributed by atoms with van der Waals surface area (Å²) in [6, 6.07) is 3.74. The van der Waals surface area contributed by atoms with Crippen LogP contribution in [0.3, 0.4) is 0 Å². The second-order valence-corrected chi connectivity index (χ2v) is 7.73. The van der Waals surface area contributed by atoms with Crippen LogP contribution in [0.4, 0.5) is 0 Å². The summed E-state index contributed by atoms with van der Waals surface area (Å²) in [5.74, 6) is 0. The summed E-state index contributed by atoms with van der Waals surface area (Å²) in [5, 5.41) is 0. The van der Waals surface area contributed by atoms with E-state index in [1.165, 1.54) is 12.8 Å². The molecule has 0 unspecified atom stereocenters. The lowest BCUT2D eigenvalue weighted by Crippen LogP contribution is -2.35. The first-order valence-electron chi connectivity index (χ1n) is 7.76. The lowest BCUT2D eigenvalue weighted by Gasteiger charge is -2.18. The Bertz CT molecular complexity index is 589. The number of aryl methyl sites for hydroxylation is 1. The third kappa shape index (κ3) is 4.05. The summed E-state index contributed by atoms with van der Waals surface area (Å²) in [5.41, 5.74) is 8.32. The van der Waals surface area contributed by atoms with Crippen molar-refractivity contribution in [2.45, 2.75) is 69.9 Å². The molecule has 1 aliphatic carbocycles. The highest BCUT2D eigenvalue weighted by Gasteiger charge is 2.23. The van der Waals surface area contributed by atoms with Gasteiger partial charge in [0.1, 0.15) is 0 Å². The Kier molecular flexibility index (Phi) is 5.41. The standard InChI is InChI=1S/C16H26N2O2S/c1-12-9-14(11-17)10-16(13(12)2)21(19,20)18-15-7-5-3-4-6-8-15/h9-10,15,18H,3-8,11,17H2,1-2H3. The zero-order valence-corrected chi connectivity index (χ0v) is 13.8. The molecule has 0 aromatic heterocycles. The Balaban J connectivity index is 2.28. The van der Waals surface area contributed by atoms with Crippen LogP contribution in [0.2, 0.25) is 0 Å². The Hall–Kier alpha value is -0.910. The molecule has 1 aromatic carbocycles. The first-order chi connectivity index (χ1) is 9.94. The maximum Gasteiger partial charge on any atom is 0.241 e. The minimum absolute atomic E-state index is 0.0683. The van der Waals surface area contributed by atoms with Gasteiger partial charge in [0.05, 0.1) is 4.90 Å². The van der Waals surface area contributed by atoms with Crippen molar-refractivity contribution in [3.05, 3.63) is 28.8 Å². The highest BCUT2D eigenvalue weighted by atomic mass is 32.2. The molecule has 21 heavy (non-hydrogen) atoms. The van der Waals surface area contributed by atoms with Crippen molar-refractivity contribution in [3.63, 3.8) is 0 Å². The molecule has 0 spiro atoms. The van der Waals surface area contributed by atoms with E-state index in [0.717, 1.165) is 42.4 Å². The maximum atomic E-state index is 12.7. The molecule has 5 heteroatoms. The van der Waals surface area contributed by atoms with Crippen molar-refractivity contribution in [1.29, 1.82) is 0 Å². The van der Waals surface area contributed by atoms with Gasteiger partial charge < -0.3 is 5.73 Å². The molecule has 0 aliphatic heterocycles. The quantitative estimate of drug-likeness (QED) is 0.840. The lowest BCUT2D eigenvalue weighted by molar-refractivity contribution is 0.509. The maximum absolute atomic E-state index is 12.7. The molecule has 1 saturated carbocycles. The van der Waals surface area contributed by atoms with E-state index in [1.54, 1.807) is 6.07 Å². The molecule has 0 bridgehead atoms. The predicted molar refractivity (Wildman–Crippen MR) is 85.6 cm³/mol. The molecule has 0 radical (unpaired) electrons. The van der Waals surface area contributed by atoms with Gasteiger partial charge in [-0.1, -0.05) is 31.7 Å². The SMILES string of the molecule is Cc1cc(CN)cc(S(=O)(=O)NC2CCCCCC2)c1C. The third-order valence-electron chi connectivity index (χ3n) is 4.38. The number of rotatable bonds is 4. The van der Waals surface area contributed by atoms with Crippen LogP contribution in [0, 0.1) is 13.8 Å². The molecule has 2 rings (SSSR count). The molecular formula is C16H26N2O2S. The summed E-state index contributed by atoms with van der Waals surface area (Å²) < 4.78 is 28.3. The van der Waals surface area contributed by atoms with E-state index in [-0.39, 0.29) is 6.04 Å². The smallest absolute Gasteiger partial charge is 0.241 e. The van der Waals surface area contributed by atoms with E-state index in [2.05, 4.69) is 4.72 Å². The van der Waals surface area contributed by atoms with Gasteiger partial charge in [-0.05, 0) is 49.4 Å². The fraction of sp³-hybridized carbons (Fsp3) is 0.625. The zero-order valence-electron chi connectivity index (χ0n) is 13.0. The van der Waals surface area contributed by atoms with Crippen LogP contribution in [-0.4, -0.2) is 14.5 Å². The summed E-state index contributed by atoms with van der Waals surface area (Å²) in [6.07, 6.45) is 6.50. The van der Waals surface area contributed by atoms with Crippen LogP contribution < -0.4 is 10.5 Å². The Morgan fingerprint density at radius 1 is 1.14 bits per heavy atom. The van der Waals surface area contributed by atoms with Crippen molar-refractivity contribution in [2.24, 2.45) is 5.73 Å². The van der Waals surface area contributed by atoms with Crippen molar-refractivity contribution in [2.75, 3.05) is 0 Å². The van der Waals surface area contributed by atoms with Crippen molar-refractivity contribution in [1.82, 2.24) is 4.72 Å². The van der Waals surface area contributed by atoms with Crippen LogP contribution in [0.15, 0.2) is 17.0 Å². The topological polar surface area (TPSA) is 72.2 Å². The fourth-order valence-electron chi connectivity index (χ4n) is 2.98. The number of nitrogens with two attached hydrogens (primary N) is 1. The molecule has 0 amide bonds. The minimum atomic E-state index is -3.47. The summed E-state index contributed by atoms with van der Waals surface area (Å²) in [6.45, 7) is 4.14. The molecule has 1 fully saturated rings. The molecule has 0 heterocycles. The van der Waals surface area contributed by atoms with E-state index in [4.69, 9.17) is 5.73 Å². The van der Waals surface area contributed by atoms with Gasteiger partial charge in [0.2, 0.25) is 10.0 Å². The van der Waals surface area contributed by atoms with Gasteiger partial charge in [-0.2, -0.15) is 0 Å². The third-order valence-corrected chi connectivity index (χ3v) is 6.03. The van der Waals surface area contributed by atoms with Gasteiger partial charge in [0, 0.05) is 12.6 Å². The largest absolute Gasteiger partial charge is 0.326 e. The van der Waals surface area contributed by atoms with E-state index < -0.39 is 10.0 Å². The Morgan fingerprint density at radius 3 is 2.33 bits per heavy atom. The van der Waals surface area contributed by atoms with Crippen LogP contribution in [0.1, 0.15) is 55.2 Å². The summed E-state index contributed by atoms with van der Waals surface area (Å²) in [4.78, 5) is 0.382. The van der Waals surface area contributed by atoms with E-state index in [9.17, 15) is 8.42 Å². The summed E-state index contributed by atoms with van der Waals surface area (Å²) in [7, 11) is -3.47. The molecular weight excluding hydrogens is 284 g/mol. The van der Waals surface area contributed by atoms with Gasteiger partial charge >= 0.3 is 0 Å².